The van der Waals surface area contributed by atoms with Crippen LogP contribution in [0.2, 0.25) is 0 Å². The van der Waals surface area contributed by atoms with Gasteiger partial charge in [0.15, 0.2) is 0 Å². The Morgan fingerprint density at radius 1 is 1.23 bits per heavy atom. The highest BCUT2D eigenvalue weighted by Gasteiger charge is 2.20. The Hall–Kier alpha value is -3.79. The predicted molar refractivity (Wildman–Crippen MR) is 116 cm³/mol. The van der Waals surface area contributed by atoms with Crippen LogP contribution in [-0.2, 0) is 6.54 Å². The molecule has 0 atom stereocenters. The lowest BCUT2D eigenvalue weighted by molar-refractivity contribution is 0.0684. The molecule has 0 aliphatic carbocycles. The number of carboxylic acid groups (broad SMARTS) is 1. The minimum Gasteiger partial charge on any atom is -0.477 e. The average molecular weight is 479 g/mol. The fourth-order valence-electron chi connectivity index (χ4n) is 3.62. The number of furan rings is 1. The number of aromatic carboxylic acids is 1. The first-order valence-corrected chi connectivity index (χ1v) is 10.1. The van der Waals surface area contributed by atoms with Crippen molar-refractivity contribution in [1.82, 2.24) is 30.2 Å². The number of fused-ring (bicyclic) bond motifs is 1. The molecular weight excluding hydrogens is 464 g/mol. The minimum absolute atomic E-state index is 0.182. The zero-order valence-electron chi connectivity index (χ0n) is 16.2. The van der Waals surface area contributed by atoms with E-state index in [0.29, 0.717) is 29.4 Å². The first-order chi connectivity index (χ1) is 15.0. The molecule has 154 valence electrons. The zero-order chi connectivity index (χ0) is 21.5. The third-order valence-corrected chi connectivity index (χ3v) is 5.81. The van der Waals surface area contributed by atoms with Crippen molar-refractivity contribution in [3.8, 4) is 22.7 Å². The Kier molecular flexibility index (Phi) is 4.63. The van der Waals surface area contributed by atoms with Crippen molar-refractivity contribution in [3.05, 3.63) is 70.2 Å². The van der Waals surface area contributed by atoms with Crippen LogP contribution < -0.4 is 0 Å². The fourth-order valence-corrected chi connectivity index (χ4v) is 4.22. The highest BCUT2D eigenvalue weighted by molar-refractivity contribution is 9.10. The number of aromatic nitrogens is 6. The van der Waals surface area contributed by atoms with Gasteiger partial charge in [-0.15, -0.1) is 10.2 Å². The number of hydrogen-bond acceptors (Lipinski definition) is 6. The van der Waals surface area contributed by atoms with Crippen LogP contribution in [0.4, 0.5) is 0 Å². The number of rotatable bonds is 5. The Labute approximate surface area is 183 Å². The molecule has 0 bridgehead atoms. The largest absolute Gasteiger partial charge is 0.477 e. The third-order valence-electron chi connectivity index (χ3n) is 5.03. The number of aryl methyl sites for hydroxylation is 1. The second kappa shape index (κ2) is 7.47. The lowest BCUT2D eigenvalue weighted by Gasteiger charge is -2.06. The van der Waals surface area contributed by atoms with Crippen LogP contribution in [-0.4, -0.2) is 41.3 Å². The molecule has 0 aliphatic rings. The van der Waals surface area contributed by atoms with Gasteiger partial charge in [0, 0.05) is 23.1 Å². The predicted octanol–water partition coefficient (Wildman–Crippen LogP) is 4.29. The molecule has 0 saturated heterocycles. The summed E-state index contributed by atoms with van der Waals surface area (Å²) < 4.78 is 8.57. The molecule has 5 rings (SSSR count). The molecule has 5 aromatic rings. The number of H-pyrrole nitrogens is 1. The monoisotopic (exact) mass is 478 g/mol. The molecule has 2 aromatic carbocycles. The number of benzene rings is 2. The first kappa shape index (κ1) is 19.2. The number of halogens is 1. The van der Waals surface area contributed by atoms with Gasteiger partial charge in [-0.2, -0.15) is 5.21 Å². The van der Waals surface area contributed by atoms with Gasteiger partial charge in [-0.1, -0.05) is 30.3 Å². The second-order valence-corrected chi connectivity index (χ2v) is 7.76. The van der Waals surface area contributed by atoms with E-state index in [0.717, 1.165) is 26.5 Å². The van der Waals surface area contributed by atoms with Gasteiger partial charge in [0.2, 0.25) is 5.82 Å². The van der Waals surface area contributed by atoms with Crippen molar-refractivity contribution in [1.29, 1.82) is 0 Å². The molecule has 0 saturated carbocycles. The van der Waals surface area contributed by atoms with E-state index in [-0.39, 0.29) is 5.69 Å². The number of carbonyl (C=O) groups is 1. The topological polar surface area (TPSA) is 123 Å². The number of tetrazole rings is 1. The van der Waals surface area contributed by atoms with Crippen LogP contribution >= 0.6 is 15.9 Å². The molecule has 31 heavy (non-hydrogen) atoms. The van der Waals surface area contributed by atoms with E-state index in [1.54, 1.807) is 17.8 Å². The fraction of sp³-hybridized carbons (Fsp3) is 0.0952. The highest BCUT2D eigenvalue weighted by atomic mass is 79.9. The van der Waals surface area contributed by atoms with Crippen molar-refractivity contribution in [2.75, 3.05) is 0 Å². The summed E-state index contributed by atoms with van der Waals surface area (Å²) in [6.45, 7) is 2.06. The maximum atomic E-state index is 11.5. The Bertz CT molecular complexity index is 1420. The van der Waals surface area contributed by atoms with E-state index in [4.69, 9.17) is 4.42 Å². The minimum atomic E-state index is -0.999. The summed E-state index contributed by atoms with van der Waals surface area (Å²) in [6.07, 6.45) is 1.54. The summed E-state index contributed by atoms with van der Waals surface area (Å²) >= 11 is 3.68. The van der Waals surface area contributed by atoms with E-state index in [1.807, 2.05) is 42.5 Å². The lowest BCUT2D eigenvalue weighted by atomic mass is 10.0. The van der Waals surface area contributed by atoms with Crippen molar-refractivity contribution < 1.29 is 14.3 Å². The van der Waals surface area contributed by atoms with Crippen molar-refractivity contribution in [3.63, 3.8) is 0 Å². The second-order valence-electron chi connectivity index (χ2n) is 6.97. The smallest absolute Gasteiger partial charge is 0.354 e. The third kappa shape index (κ3) is 3.30. The average Bonchev–Trinajstić information content (AvgIpc) is 3.48. The van der Waals surface area contributed by atoms with Gasteiger partial charge in [0.1, 0.15) is 17.0 Å². The molecule has 0 unspecified atom stereocenters. The van der Waals surface area contributed by atoms with Gasteiger partial charge < -0.3 is 14.1 Å². The Balaban J connectivity index is 1.58. The SMILES string of the molecule is Cc1ncn(Cc2ccc3oc(-c4ccccc4-c4nn[nH]n4)c(Br)c3c2)c1C(=O)O. The van der Waals surface area contributed by atoms with Gasteiger partial charge in [0.25, 0.3) is 0 Å². The maximum absolute atomic E-state index is 11.5. The van der Waals surface area contributed by atoms with E-state index < -0.39 is 5.97 Å². The zero-order valence-corrected chi connectivity index (χ0v) is 17.8. The van der Waals surface area contributed by atoms with E-state index in [2.05, 4.69) is 41.5 Å². The lowest BCUT2D eigenvalue weighted by Crippen LogP contribution is -2.09. The number of aromatic amines is 1. The molecule has 0 amide bonds. The molecule has 3 heterocycles. The molecular formula is C21H15BrN6O3. The van der Waals surface area contributed by atoms with Crippen LogP contribution in [0, 0.1) is 6.92 Å². The summed E-state index contributed by atoms with van der Waals surface area (Å²) in [5, 5.41) is 24.6. The van der Waals surface area contributed by atoms with Gasteiger partial charge in [-0.05, 0) is 45.8 Å². The van der Waals surface area contributed by atoms with Crippen LogP contribution in [0.5, 0.6) is 0 Å². The molecule has 0 spiro atoms. The molecule has 2 N–H and O–H groups in total. The van der Waals surface area contributed by atoms with Crippen molar-refractivity contribution in [2.24, 2.45) is 0 Å². The number of nitrogens with zero attached hydrogens (tertiary/aromatic N) is 5. The molecule has 10 heteroatoms. The highest BCUT2D eigenvalue weighted by Crippen LogP contribution is 2.41. The maximum Gasteiger partial charge on any atom is 0.354 e. The van der Waals surface area contributed by atoms with Gasteiger partial charge in [0.05, 0.1) is 16.5 Å². The standard InChI is InChI=1S/C21H15BrN6O3/c1-11-18(21(29)30)28(10-23-11)9-12-6-7-16-15(8-12)17(22)19(31-16)13-4-2-3-5-14(13)20-24-26-27-25-20/h2-8,10H,9H2,1H3,(H,29,30)(H,24,25,26,27). The molecule has 0 aliphatic heterocycles. The number of nitrogens with one attached hydrogen (secondary N) is 1. The molecule has 3 aromatic heterocycles. The van der Waals surface area contributed by atoms with E-state index >= 15 is 0 Å². The summed E-state index contributed by atoms with van der Waals surface area (Å²) in [6, 6.07) is 13.4. The normalized spacial score (nSPS) is 11.3. The molecule has 9 nitrogen and oxygen atoms in total. The first-order valence-electron chi connectivity index (χ1n) is 9.32. The molecule has 0 radical (unpaired) electrons. The van der Waals surface area contributed by atoms with Crippen LogP contribution in [0.15, 0.2) is 57.7 Å². The number of hydrogen-bond donors (Lipinski definition) is 2. The van der Waals surface area contributed by atoms with Crippen LogP contribution in [0.1, 0.15) is 21.7 Å². The Morgan fingerprint density at radius 2 is 2.03 bits per heavy atom. The number of carboxylic acids is 1. The summed E-state index contributed by atoms with van der Waals surface area (Å²) in [5.41, 5.74) is 3.91. The van der Waals surface area contributed by atoms with E-state index in [1.165, 1.54) is 0 Å². The summed E-state index contributed by atoms with van der Waals surface area (Å²) in [4.78, 5) is 15.7. The van der Waals surface area contributed by atoms with Gasteiger partial charge in [-0.25, -0.2) is 9.78 Å². The summed E-state index contributed by atoms with van der Waals surface area (Å²) in [5.74, 6) is 0.124. The van der Waals surface area contributed by atoms with E-state index in [9.17, 15) is 9.90 Å². The number of imidazole rings is 1. The van der Waals surface area contributed by atoms with Gasteiger partial charge in [-0.3, -0.25) is 0 Å². The summed E-state index contributed by atoms with van der Waals surface area (Å²) in [7, 11) is 0. The van der Waals surface area contributed by atoms with Crippen LogP contribution in [0.25, 0.3) is 33.7 Å². The van der Waals surface area contributed by atoms with Crippen molar-refractivity contribution in [2.45, 2.75) is 13.5 Å². The van der Waals surface area contributed by atoms with Gasteiger partial charge >= 0.3 is 5.97 Å². The quantitative estimate of drug-likeness (QED) is 0.386. The Morgan fingerprint density at radius 3 is 2.77 bits per heavy atom. The van der Waals surface area contributed by atoms with Crippen molar-refractivity contribution >= 4 is 32.9 Å². The molecule has 0 fully saturated rings. The van der Waals surface area contributed by atoms with Crippen LogP contribution in [0.3, 0.4) is 0 Å².